The molecule has 1 rings (SSSR count). The van der Waals surface area contributed by atoms with Gasteiger partial charge in [0, 0.05) is 18.9 Å². The summed E-state index contributed by atoms with van der Waals surface area (Å²) in [5, 5.41) is 0. The van der Waals surface area contributed by atoms with Gasteiger partial charge in [-0.1, -0.05) is 0 Å². The Labute approximate surface area is 63.9 Å². The molecule has 1 N–H and O–H groups in total. The van der Waals surface area contributed by atoms with Crippen molar-refractivity contribution in [3.63, 3.8) is 0 Å². The third kappa shape index (κ3) is 1.58. The smallest absolute Gasteiger partial charge is 0.230 e. The van der Waals surface area contributed by atoms with Crippen LogP contribution in [0.25, 0.3) is 0 Å². The van der Waals surface area contributed by atoms with Crippen molar-refractivity contribution in [1.82, 2.24) is 4.84 Å². The Hall–Kier alpha value is 0.110. The minimum Gasteiger partial charge on any atom is -0.230 e. The van der Waals surface area contributed by atoms with Crippen molar-refractivity contribution in [2.75, 3.05) is 0 Å². The van der Waals surface area contributed by atoms with Crippen LogP contribution in [0.5, 0.6) is 0 Å². The molecule has 4 heteroatoms. The van der Waals surface area contributed by atoms with E-state index in [0.717, 1.165) is 0 Å². The first-order valence-electron chi connectivity index (χ1n) is 3.29. The maximum Gasteiger partial charge on any atom is 0.248 e. The minimum absolute atomic E-state index is 0.00120. The van der Waals surface area contributed by atoms with Crippen LogP contribution >= 0.6 is 11.8 Å². The predicted octanol–water partition coefficient (Wildman–Crippen LogP) is 2.16. The Balaban J connectivity index is 2.26. The van der Waals surface area contributed by atoms with Gasteiger partial charge in [0.2, 0.25) is 5.92 Å². The molecule has 0 aromatic heterocycles. The average Bonchev–Trinajstić information content (AvgIpc) is 1.81. The van der Waals surface area contributed by atoms with Crippen LogP contribution < -0.4 is 4.84 Å². The molecule has 0 aromatic rings. The molecule has 1 nitrogen and oxygen atoms in total. The van der Waals surface area contributed by atoms with Crippen LogP contribution in [-0.4, -0.2) is 12.0 Å². The average molecular weight is 170 g/mol. The van der Waals surface area contributed by atoms with Crippen molar-refractivity contribution in [3.8, 4) is 0 Å². The number of nitrogens with one attached hydrogen (secondary N) is 1. The molecular weight excluding hydrogens is 160 g/mol. The van der Waals surface area contributed by atoms with E-state index in [4.69, 9.17) is 11.8 Å². The summed E-state index contributed by atoms with van der Waals surface area (Å²) in [5.41, 5.74) is 0. The summed E-state index contributed by atoms with van der Waals surface area (Å²) in [4.78, 5) is 2.44. The quantitative estimate of drug-likeness (QED) is 0.625. The first-order chi connectivity index (χ1) is 4.55. The first-order valence-corrected chi connectivity index (χ1v) is 3.67. The van der Waals surface area contributed by atoms with Crippen molar-refractivity contribution in [1.29, 1.82) is 0 Å². The summed E-state index contributed by atoms with van der Waals surface area (Å²) in [6.07, 6.45) is -0.0399. The highest BCUT2D eigenvalue weighted by molar-refractivity contribution is 6.13. The van der Waals surface area contributed by atoms with Gasteiger partial charge in [0.05, 0.1) is 0 Å². The number of hydrogen-bond donors (Lipinski definition) is 1. The molecule has 0 radical (unpaired) electrons. The van der Waals surface area contributed by atoms with E-state index in [9.17, 15) is 8.78 Å². The van der Waals surface area contributed by atoms with Gasteiger partial charge in [0.15, 0.2) is 0 Å². The fraction of sp³-hybridized carbons (Fsp3) is 1.00. The topological polar surface area (TPSA) is 12.0 Å². The van der Waals surface area contributed by atoms with Gasteiger partial charge in [-0.3, -0.25) is 0 Å². The Morgan fingerprint density at radius 2 is 2.10 bits per heavy atom. The van der Waals surface area contributed by atoms with E-state index >= 15 is 0 Å². The van der Waals surface area contributed by atoms with Gasteiger partial charge >= 0.3 is 0 Å². The van der Waals surface area contributed by atoms with E-state index < -0.39 is 5.92 Å². The zero-order valence-corrected chi connectivity index (χ0v) is 6.46. The molecule has 60 valence electrons. The van der Waals surface area contributed by atoms with Crippen molar-refractivity contribution >= 4 is 11.8 Å². The summed E-state index contributed by atoms with van der Waals surface area (Å²) in [6.45, 7) is 1.81. The number of rotatable bonds is 2. The van der Waals surface area contributed by atoms with Crippen LogP contribution in [0.4, 0.5) is 8.78 Å². The van der Waals surface area contributed by atoms with E-state index in [1.807, 2.05) is 6.92 Å². The maximum atomic E-state index is 12.2. The van der Waals surface area contributed by atoms with E-state index in [-0.39, 0.29) is 24.8 Å². The predicted molar refractivity (Wildman–Crippen MR) is 36.1 cm³/mol. The second-order valence-electron chi connectivity index (χ2n) is 2.92. The normalized spacial score (nSPS) is 27.6. The summed E-state index contributed by atoms with van der Waals surface area (Å²) in [6, 6.07) is 0.00120. The molecule has 10 heavy (non-hydrogen) atoms. The van der Waals surface area contributed by atoms with Crippen molar-refractivity contribution in [2.24, 2.45) is 5.92 Å². The van der Waals surface area contributed by atoms with Crippen LogP contribution in [0.15, 0.2) is 0 Å². The molecule has 1 atom stereocenters. The second-order valence-corrected chi connectivity index (χ2v) is 3.14. The zero-order chi connectivity index (χ0) is 7.78. The van der Waals surface area contributed by atoms with Crippen molar-refractivity contribution in [2.45, 2.75) is 31.7 Å². The molecule has 0 saturated heterocycles. The molecule has 0 heterocycles. The molecule has 1 saturated carbocycles. The Kier molecular flexibility index (Phi) is 2.15. The van der Waals surface area contributed by atoms with Crippen LogP contribution in [0.1, 0.15) is 19.8 Å². The molecule has 0 aromatic carbocycles. The summed E-state index contributed by atoms with van der Waals surface area (Å²) in [5.74, 6) is -2.38. The maximum absolute atomic E-state index is 12.2. The first kappa shape index (κ1) is 8.21. The van der Waals surface area contributed by atoms with Gasteiger partial charge in [0.25, 0.3) is 0 Å². The van der Waals surface area contributed by atoms with E-state index in [0.29, 0.717) is 0 Å². The lowest BCUT2D eigenvalue weighted by molar-refractivity contribution is -0.116. The molecule has 0 spiro atoms. The number of alkyl halides is 2. The van der Waals surface area contributed by atoms with Gasteiger partial charge in [-0.2, -0.15) is 0 Å². The third-order valence-corrected chi connectivity index (χ3v) is 2.35. The van der Waals surface area contributed by atoms with Gasteiger partial charge in [-0.15, -0.1) is 0 Å². The molecule has 0 unspecified atom stereocenters. The lowest BCUT2D eigenvalue weighted by Crippen LogP contribution is -2.44. The van der Waals surface area contributed by atoms with Crippen LogP contribution in [0.3, 0.4) is 0 Å². The molecule has 1 aliphatic carbocycles. The van der Waals surface area contributed by atoms with Crippen LogP contribution in [0.2, 0.25) is 0 Å². The minimum atomic E-state index is -2.42. The van der Waals surface area contributed by atoms with E-state index in [1.54, 1.807) is 0 Å². The molecule has 1 aliphatic rings. The van der Waals surface area contributed by atoms with Gasteiger partial charge in [0.1, 0.15) is 0 Å². The third-order valence-electron chi connectivity index (χ3n) is 2.00. The second kappa shape index (κ2) is 2.62. The highest BCUT2D eigenvalue weighted by Gasteiger charge is 2.47. The lowest BCUT2D eigenvalue weighted by Gasteiger charge is -2.37. The van der Waals surface area contributed by atoms with Gasteiger partial charge in [-0.05, 0) is 24.6 Å². The van der Waals surface area contributed by atoms with Gasteiger partial charge < -0.3 is 0 Å². The summed E-state index contributed by atoms with van der Waals surface area (Å²) >= 11 is 5.26. The lowest BCUT2D eigenvalue weighted by atomic mass is 9.77. The molecular formula is C6H10ClF2N. The van der Waals surface area contributed by atoms with Gasteiger partial charge in [-0.25, -0.2) is 13.6 Å². The largest absolute Gasteiger partial charge is 0.248 e. The summed E-state index contributed by atoms with van der Waals surface area (Å²) in [7, 11) is 0. The molecule has 0 bridgehead atoms. The van der Waals surface area contributed by atoms with E-state index in [1.165, 1.54) is 0 Å². The number of halogens is 3. The fourth-order valence-electron chi connectivity index (χ4n) is 1.15. The van der Waals surface area contributed by atoms with E-state index in [2.05, 4.69) is 4.84 Å². The Morgan fingerprint density at radius 3 is 2.40 bits per heavy atom. The molecule has 0 aliphatic heterocycles. The summed E-state index contributed by atoms with van der Waals surface area (Å²) < 4.78 is 24.4. The highest BCUT2D eigenvalue weighted by atomic mass is 35.5. The van der Waals surface area contributed by atoms with Crippen molar-refractivity contribution in [3.05, 3.63) is 0 Å². The van der Waals surface area contributed by atoms with Crippen LogP contribution in [-0.2, 0) is 0 Å². The standard InChI is InChI=1S/C6H10ClF2N/c1-4(10-7)5-2-6(8,9)3-5/h4-5,10H,2-3H2,1H3/t4-/m1/s1. The Bertz CT molecular complexity index is 121. The highest BCUT2D eigenvalue weighted by Crippen LogP contribution is 2.43. The van der Waals surface area contributed by atoms with Crippen LogP contribution in [0, 0.1) is 5.92 Å². The molecule has 0 amide bonds. The monoisotopic (exact) mass is 169 g/mol. The molecule has 1 fully saturated rings. The Morgan fingerprint density at radius 1 is 1.60 bits per heavy atom. The number of hydrogen-bond acceptors (Lipinski definition) is 1. The van der Waals surface area contributed by atoms with Crippen molar-refractivity contribution < 1.29 is 8.78 Å². The fourth-order valence-corrected chi connectivity index (χ4v) is 1.33. The SMILES string of the molecule is C[C@@H](NCl)C1CC(F)(F)C1. The zero-order valence-electron chi connectivity index (χ0n) is 5.70.